The Morgan fingerprint density at radius 2 is 2.18 bits per heavy atom. The van der Waals surface area contributed by atoms with E-state index in [1.807, 2.05) is 0 Å². The van der Waals surface area contributed by atoms with Crippen molar-refractivity contribution in [2.24, 2.45) is 5.92 Å². The quantitative estimate of drug-likeness (QED) is 0.548. The average molecular weight is 152 g/mol. The van der Waals surface area contributed by atoms with E-state index < -0.39 is 0 Å². The van der Waals surface area contributed by atoms with Crippen LogP contribution >= 0.6 is 0 Å². The second kappa shape index (κ2) is 3.97. The molecule has 1 aliphatic rings. The van der Waals surface area contributed by atoms with Crippen LogP contribution in [-0.4, -0.2) is 24.4 Å². The summed E-state index contributed by atoms with van der Waals surface area (Å²) in [5.41, 5.74) is 0. The maximum atomic E-state index is 10.3. The molecule has 0 bridgehead atoms. The predicted molar refractivity (Wildman–Crippen MR) is 40.6 cm³/mol. The van der Waals surface area contributed by atoms with E-state index in [0.717, 1.165) is 32.3 Å². The summed E-state index contributed by atoms with van der Waals surface area (Å²) < 4.78 is 0. The molecule has 0 atom stereocenters. The minimum absolute atomic E-state index is 0.524. The number of amides is 1. The fraction of sp³-hybridized carbons (Fsp3) is 0.750. The normalized spacial score (nSPS) is 19.4. The SMILES string of the molecule is N#CCC1CCN(C=O)CC1. The van der Waals surface area contributed by atoms with Gasteiger partial charge in [0.05, 0.1) is 6.07 Å². The molecule has 0 radical (unpaired) electrons. The molecule has 0 unspecified atom stereocenters. The molecule has 0 aromatic heterocycles. The molecule has 3 heteroatoms. The van der Waals surface area contributed by atoms with E-state index >= 15 is 0 Å². The lowest BCUT2D eigenvalue weighted by Gasteiger charge is -2.27. The van der Waals surface area contributed by atoms with Gasteiger partial charge >= 0.3 is 0 Å². The molecule has 60 valence electrons. The van der Waals surface area contributed by atoms with Crippen molar-refractivity contribution < 1.29 is 4.79 Å². The number of nitrogens with zero attached hydrogens (tertiary/aromatic N) is 2. The zero-order chi connectivity index (χ0) is 8.10. The Kier molecular flexibility index (Phi) is 2.91. The van der Waals surface area contributed by atoms with Crippen LogP contribution in [0.15, 0.2) is 0 Å². The van der Waals surface area contributed by atoms with Crippen molar-refractivity contribution in [3.63, 3.8) is 0 Å². The molecule has 3 nitrogen and oxygen atoms in total. The molecular weight excluding hydrogens is 140 g/mol. The number of nitriles is 1. The van der Waals surface area contributed by atoms with Gasteiger partial charge in [-0.3, -0.25) is 4.79 Å². The second-order valence-electron chi connectivity index (χ2n) is 2.95. The number of carbonyl (C=O) groups is 1. The second-order valence-corrected chi connectivity index (χ2v) is 2.95. The molecule has 11 heavy (non-hydrogen) atoms. The van der Waals surface area contributed by atoms with E-state index in [1.165, 1.54) is 0 Å². The van der Waals surface area contributed by atoms with Gasteiger partial charge in [-0.25, -0.2) is 0 Å². The standard InChI is InChI=1S/C8H12N2O/c9-4-1-8-2-5-10(7-11)6-3-8/h7-8H,1-3,5-6H2. The van der Waals surface area contributed by atoms with Gasteiger partial charge in [-0.15, -0.1) is 0 Å². The Labute approximate surface area is 66.6 Å². The van der Waals surface area contributed by atoms with Crippen molar-refractivity contribution in [2.75, 3.05) is 13.1 Å². The van der Waals surface area contributed by atoms with Crippen molar-refractivity contribution in [1.82, 2.24) is 4.90 Å². The van der Waals surface area contributed by atoms with Gasteiger partial charge in [0.15, 0.2) is 0 Å². The Bertz CT molecular complexity index is 165. The molecule has 1 amide bonds. The number of likely N-dealkylation sites (tertiary alicyclic amines) is 1. The molecule has 0 aromatic carbocycles. The Morgan fingerprint density at radius 3 is 2.64 bits per heavy atom. The maximum absolute atomic E-state index is 10.3. The van der Waals surface area contributed by atoms with Gasteiger partial charge in [-0.1, -0.05) is 0 Å². The summed E-state index contributed by atoms with van der Waals surface area (Å²) in [5, 5.41) is 8.41. The molecule has 0 N–H and O–H groups in total. The molecule has 0 saturated carbocycles. The van der Waals surface area contributed by atoms with E-state index in [-0.39, 0.29) is 0 Å². The number of hydrogen-bond donors (Lipinski definition) is 0. The lowest BCUT2D eigenvalue weighted by molar-refractivity contribution is -0.119. The van der Waals surface area contributed by atoms with Gasteiger partial charge in [0.25, 0.3) is 0 Å². The smallest absolute Gasteiger partial charge is 0.209 e. The van der Waals surface area contributed by atoms with Crippen LogP contribution in [0, 0.1) is 17.2 Å². The maximum Gasteiger partial charge on any atom is 0.209 e. The molecule has 0 aromatic rings. The van der Waals surface area contributed by atoms with Gasteiger partial charge < -0.3 is 4.90 Å². The van der Waals surface area contributed by atoms with Crippen LogP contribution in [0.5, 0.6) is 0 Å². The van der Waals surface area contributed by atoms with Gasteiger partial charge in [0.1, 0.15) is 0 Å². The van der Waals surface area contributed by atoms with Crippen molar-refractivity contribution in [2.45, 2.75) is 19.3 Å². The first-order chi connectivity index (χ1) is 5.36. The molecular formula is C8H12N2O. The lowest BCUT2D eigenvalue weighted by Crippen LogP contribution is -2.32. The summed E-state index contributed by atoms with van der Waals surface area (Å²) in [6.45, 7) is 1.66. The van der Waals surface area contributed by atoms with Crippen LogP contribution in [0.4, 0.5) is 0 Å². The molecule has 1 saturated heterocycles. The van der Waals surface area contributed by atoms with E-state index in [9.17, 15) is 4.79 Å². The summed E-state index contributed by atoms with van der Waals surface area (Å²) in [4.78, 5) is 12.1. The van der Waals surface area contributed by atoms with Gasteiger partial charge in [0.2, 0.25) is 6.41 Å². The largest absolute Gasteiger partial charge is 0.345 e. The molecule has 0 aliphatic carbocycles. The minimum atomic E-state index is 0.524. The van der Waals surface area contributed by atoms with Crippen molar-refractivity contribution in [1.29, 1.82) is 5.26 Å². The summed E-state index contributed by atoms with van der Waals surface area (Å²) in [7, 11) is 0. The third-order valence-electron chi connectivity index (χ3n) is 2.18. The van der Waals surface area contributed by atoms with E-state index in [4.69, 9.17) is 5.26 Å². The number of hydrogen-bond acceptors (Lipinski definition) is 2. The average Bonchev–Trinajstić information content (AvgIpc) is 2.07. The number of carbonyl (C=O) groups excluding carboxylic acids is 1. The van der Waals surface area contributed by atoms with Crippen molar-refractivity contribution in [3.05, 3.63) is 0 Å². The Morgan fingerprint density at radius 1 is 1.55 bits per heavy atom. The lowest BCUT2D eigenvalue weighted by atomic mass is 9.95. The highest BCUT2D eigenvalue weighted by molar-refractivity contribution is 5.47. The first-order valence-electron chi connectivity index (χ1n) is 3.93. The summed E-state index contributed by atoms with van der Waals surface area (Å²) >= 11 is 0. The Hall–Kier alpha value is -1.04. The predicted octanol–water partition coefficient (Wildman–Crippen LogP) is 0.768. The van der Waals surface area contributed by atoms with E-state index in [1.54, 1.807) is 4.90 Å². The minimum Gasteiger partial charge on any atom is -0.345 e. The van der Waals surface area contributed by atoms with Crippen LogP contribution < -0.4 is 0 Å². The number of rotatable bonds is 2. The van der Waals surface area contributed by atoms with E-state index in [0.29, 0.717) is 12.3 Å². The fourth-order valence-corrected chi connectivity index (χ4v) is 1.39. The fourth-order valence-electron chi connectivity index (χ4n) is 1.39. The Balaban J connectivity index is 2.25. The monoisotopic (exact) mass is 152 g/mol. The van der Waals surface area contributed by atoms with Crippen LogP contribution in [0.2, 0.25) is 0 Å². The summed E-state index contributed by atoms with van der Waals surface area (Å²) in [6.07, 6.45) is 3.52. The van der Waals surface area contributed by atoms with Crippen molar-refractivity contribution in [3.8, 4) is 6.07 Å². The van der Waals surface area contributed by atoms with E-state index in [2.05, 4.69) is 6.07 Å². The third-order valence-corrected chi connectivity index (χ3v) is 2.18. The molecule has 0 spiro atoms. The highest BCUT2D eigenvalue weighted by Crippen LogP contribution is 2.18. The number of piperidine rings is 1. The topological polar surface area (TPSA) is 44.1 Å². The first-order valence-corrected chi connectivity index (χ1v) is 3.93. The first kappa shape index (κ1) is 8.06. The zero-order valence-corrected chi connectivity index (χ0v) is 6.49. The van der Waals surface area contributed by atoms with Crippen LogP contribution in [0.1, 0.15) is 19.3 Å². The molecule has 1 rings (SSSR count). The molecule has 1 aliphatic heterocycles. The summed E-state index contributed by atoms with van der Waals surface area (Å²) in [6, 6.07) is 2.16. The van der Waals surface area contributed by atoms with Crippen LogP contribution in [-0.2, 0) is 4.79 Å². The van der Waals surface area contributed by atoms with Gasteiger partial charge in [-0.2, -0.15) is 5.26 Å². The molecule has 1 fully saturated rings. The van der Waals surface area contributed by atoms with Gasteiger partial charge in [-0.05, 0) is 18.8 Å². The highest BCUT2D eigenvalue weighted by Gasteiger charge is 2.16. The molecule has 1 heterocycles. The van der Waals surface area contributed by atoms with Crippen LogP contribution in [0.3, 0.4) is 0 Å². The third kappa shape index (κ3) is 2.23. The van der Waals surface area contributed by atoms with Gasteiger partial charge in [0, 0.05) is 19.5 Å². The highest BCUT2D eigenvalue weighted by atomic mass is 16.1. The summed E-state index contributed by atoms with van der Waals surface area (Å²) in [5.74, 6) is 0.524. The zero-order valence-electron chi connectivity index (χ0n) is 6.49. The van der Waals surface area contributed by atoms with Crippen LogP contribution in [0.25, 0.3) is 0 Å². The van der Waals surface area contributed by atoms with Crippen molar-refractivity contribution >= 4 is 6.41 Å².